The van der Waals surface area contributed by atoms with Crippen molar-refractivity contribution in [3.05, 3.63) is 29.8 Å². The summed E-state index contributed by atoms with van der Waals surface area (Å²) in [5.41, 5.74) is 1.94. The summed E-state index contributed by atoms with van der Waals surface area (Å²) in [5.74, 6) is -0.163. The summed E-state index contributed by atoms with van der Waals surface area (Å²) in [7, 11) is -4.53. The first-order chi connectivity index (χ1) is 9.89. The molecule has 21 heavy (non-hydrogen) atoms. The first kappa shape index (κ1) is 16.3. The van der Waals surface area contributed by atoms with Crippen LogP contribution in [-0.2, 0) is 21.4 Å². The van der Waals surface area contributed by atoms with Crippen molar-refractivity contribution >= 4 is 33.6 Å². The third kappa shape index (κ3) is 4.71. The van der Waals surface area contributed by atoms with Crippen LogP contribution in [0.4, 0.5) is 9.57 Å². The smallest absolute Gasteiger partial charge is 0.302 e. The molecule has 1 aromatic rings. The van der Waals surface area contributed by atoms with E-state index in [1.165, 1.54) is 10.5 Å². The van der Waals surface area contributed by atoms with E-state index in [0.29, 0.717) is 0 Å². The van der Waals surface area contributed by atoms with Gasteiger partial charge in [0, 0.05) is 24.6 Å². The average Bonchev–Trinajstić information content (AvgIpc) is 2.75. The maximum Gasteiger partial charge on any atom is 0.302 e. The Kier molecular flexibility index (Phi) is 5.27. The fraction of sp³-hybridized carbons (Fsp3) is 0.500. The number of carbonyl (C=O) groups is 1. The number of anilines is 1. The Morgan fingerprint density at radius 2 is 2.00 bits per heavy atom. The standard InChI is InChI=1S/C14H18FNO3S2/c1-20-7-6-11-2-4-13(5-3-11)16-9-12(8-14(16)17)10-21(15,18)19/h2-5,12H,6-10H2,1H3. The number of nitrogens with zero attached hydrogens (tertiary/aromatic N) is 1. The minimum absolute atomic E-state index is 0.0807. The fourth-order valence-corrected chi connectivity index (χ4v) is 3.71. The van der Waals surface area contributed by atoms with E-state index >= 15 is 0 Å². The van der Waals surface area contributed by atoms with Gasteiger partial charge in [0.15, 0.2) is 0 Å². The Hall–Kier alpha value is -1.08. The van der Waals surface area contributed by atoms with Crippen LogP contribution in [0.3, 0.4) is 0 Å². The average molecular weight is 331 g/mol. The Labute approximate surface area is 128 Å². The zero-order valence-corrected chi connectivity index (χ0v) is 13.4. The fourth-order valence-electron chi connectivity index (χ4n) is 2.49. The minimum atomic E-state index is -4.53. The maximum atomic E-state index is 12.7. The molecule has 1 fully saturated rings. The van der Waals surface area contributed by atoms with E-state index in [1.807, 2.05) is 24.3 Å². The van der Waals surface area contributed by atoms with E-state index in [2.05, 4.69) is 6.26 Å². The molecule has 0 spiro atoms. The molecule has 1 amide bonds. The van der Waals surface area contributed by atoms with Gasteiger partial charge in [0.05, 0.1) is 5.75 Å². The summed E-state index contributed by atoms with van der Waals surface area (Å²) in [6.07, 6.45) is 3.10. The lowest BCUT2D eigenvalue weighted by Gasteiger charge is -2.17. The number of hydrogen-bond acceptors (Lipinski definition) is 4. The quantitative estimate of drug-likeness (QED) is 0.750. The topological polar surface area (TPSA) is 54.5 Å². The van der Waals surface area contributed by atoms with Gasteiger partial charge in [0.1, 0.15) is 0 Å². The Balaban J connectivity index is 2.03. The summed E-state index contributed by atoms with van der Waals surface area (Å²) >= 11 is 1.77. The van der Waals surface area contributed by atoms with Gasteiger partial charge in [0.25, 0.3) is 0 Å². The zero-order valence-electron chi connectivity index (χ0n) is 11.8. The molecule has 0 aromatic heterocycles. The van der Waals surface area contributed by atoms with Crippen molar-refractivity contribution in [2.24, 2.45) is 5.92 Å². The summed E-state index contributed by atoms with van der Waals surface area (Å²) < 4.78 is 34.1. The molecule has 0 aliphatic carbocycles. The number of rotatable bonds is 6. The largest absolute Gasteiger partial charge is 0.312 e. The second-order valence-electron chi connectivity index (χ2n) is 5.19. The maximum absolute atomic E-state index is 12.7. The number of thioether (sulfide) groups is 1. The molecule has 1 heterocycles. The molecule has 1 aliphatic rings. The molecule has 0 bridgehead atoms. The monoisotopic (exact) mass is 331 g/mol. The molecule has 1 atom stereocenters. The Morgan fingerprint density at radius 3 is 2.57 bits per heavy atom. The summed E-state index contributed by atoms with van der Waals surface area (Å²) in [4.78, 5) is 13.5. The van der Waals surface area contributed by atoms with Crippen LogP contribution in [-0.4, -0.2) is 38.6 Å². The van der Waals surface area contributed by atoms with Gasteiger partial charge in [-0.1, -0.05) is 12.1 Å². The molecular weight excluding hydrogens is 313 g/mol. The van der Waals surface area contributed by atoms with E-state index in [-0.39, 0.29) is 18.9 Å². The van der Waals surface area contributed by atoms with Crippen molar-refractivity contribution < 1.29 is 17.1 Å². The van der Waals surface area contributed by atoms with Crippen LogP contribution >= 0.6 is 11.8 Å². The van der Waals surface area contributed by atoms with Gasteiger partial charge in [-0.05, 0) is 36.1 Å². The van der Waals surface area contributed by atoms with Gasteiger partial charge in [-0.15, -0.1) is 3.89 Å². The molecule has 0 N–H and O–H groups in total. The van der Waals surface area contributed by atoms with Gasteiger partial charge >= 0.3 is 10.2 Å². The third-order valence-electron chi connectivity index (χ3n) is 3.48. The lowest BCUT2D eigenvalue weighted by atomic mass is 10.1. The lowest BCUT2D eigenvalue weighted by molar-refractivity contribution is -0.117. The summed E-state index contributed by atoms with van der Waals surface area (Å²) in [5, 5.41) is 0. The van der Waals surface area contributed by atoms with E-state index in [0.717, 1.165) is 17.9 Å². The van der Waals surface area contributed by atoms with Crippen LogP contribution in [0.2, 0.25) is 0 Å². The van der Waals surface area contributed by atoms with E-state index in [9.17, 15) is 17.1 Å². The second kappa shape index (κ2) is 6.79. The lowest BCUT2D eigenvalue weighted by Crippen LogP contribution is -2.25. The molecule has 4 nitrogen and oxygen atoms in total. The molecule has 1 aliphatic heterocycles. The first-order valence-electron chi connectivity index (χ1n) is 6.69. The predicted molar refractivity (Wildman–Crippen MR) is 83.9 cm³/mol. The van der Waals surface area contributed by atoms with E-state index in [1.54, 1.807) is 11.8 Å². The molecule has 0 radical (unpaired) electrons. The molecule has 1 saturated heterocycles. The molecule has 116 valence electrons. The number of carbonyl (C=O) groups excluding carboxylic acids is 1. The highest BCUT2D eigenvalue weighted by atomic mass is 32.3. The zero-order chi connectivity index (χ0) is 15.5. The van der Waals surface area contributed by atoms with E-state index < -0.39 is 21.9 Å². The molecule has 1 aromatic carbocycles. The van der Waals surface area contributed by atoms with Crippen LogP contribution in [0.5, 0.6) is 0 Å². The van der Waals surface area contributed by atoms with Crippen LogP contribution in [0.1, 0.15) is 12.0 Å². The number of halogens is 1. The molecule has 1 unspecified atom stereocenters. The first-order valence-corrected chi connectivity index (χ1v) is 9.64. The normalized spacial score (nSPS) is 19.2. The van der Waals surface area contributed by atoms with Gasteiger partial charge in [-0.25, -0.2) is 0 Å². The van der Waals surface area contributed by atoms with Gasteiger partial charge < -0.3 is 4.90 Å². The van der Waals surface area contributed by atoms with Crippen LogP contribution in [0, 0.1) is 5.92 Å². The number of hydrogen-bond donors (Lipinski definition) is 0. The van der Waals surface area contributed by atoms with Crippen LogP contribution in [0.15, 0.2) is 24.3 Å². The molecule has 0 saturated carbocycles. The third-order valence-corrected chi connectivity index (χ3v) is 4.96. The highest BCUT2D eigenvalue weighted by Crippen LogP contribution is 2.26. The Morgan fingerprint density at radius 1 is 1.33 bits per heavy atom. The minimum Gasteiger partial charge on any atom is -0.312 e. The molecule has 7 heteroatoms. The van der Waals surface area contributed by atoms with Crippen molar-refractivity contribution in [1.82, 2.24) is 0 Å². The molecular formula is C14H18FNO3S2. The Bertz CT molecular complexity index is 601. The number of amides is 1. The van der Waals surface area contributed by atoms with Crippen LogP contribution in [0.25, 0.3) is 0 Å². The van der Waals surface area contributed by atoms with Crippen molar-refractivity contribution in [2.75, 3.05) is 29.2 Å². The van der Waals surface area contributed by atoms with Gasteiger partial charge in [0.2, 0.25) is 5.91 Å². The van der Waals surface area contributed by atoms with Crippen LogP contribution < -0.4 is 4.90 Å². The number of benzene rings is 1. The molecule has 2 rings (SSSR count). The van der Waals surface area contributed by atoms with Crippen molar-refractivity contribution in [3.63, 3.8) is 0 Å². The predicted octanol–water partition coefficient (Wildman–Crippen LogP) is 2.24. The van der Waals surface area contributed by atoms with Gasteiger partial charge in [-0.2, -0.15) is 20.2 Å². The number of aryl methyl sites for hydroxylation is 1. The van der Waals surface area contributed by atoms with E-state index in [4.69, 9.17) is 0 Å². The highest BCUT2D eigenvalue weighted by molar-refractivity contribution is 7.98. The van der Waals surface area contributed by atoms with Crippen molar-refractivity contribution in [2.45, 2.75) is 12.8 Å². The van der Waals surface area contributed by atoms with Crippen molar-refractivity contribution in [1.29, 1.82) is 0 Å². The second-order valence-corrected chi connectivity index (χ2v) is 7.59. The summed E-state index contributed by atoms with van der Waals surface area (Å²) in [6.45, 7) is 0.256. The van der Waals surface area contributed by atoms with Crippen molar-refractivity contribution in [3.8, 4) is 0 Å². The highest BCUT2D eigenvalue weighted by Gasteiger charge is 2.33. The SMILES string of the molecule is CSCCc1ccc(N2CC(CS(=O)(=O)F)CC2=O)cc1. The van der Waals surface area contributed by atoms with Gasteiger partial charge in [-0.3, -0.25) is 4.79 Å². The summed E-state index contributed by atoms with van der Waals surface area (Å²) in [6, 6.07) is 7.66.